The summed E-state index contributed by atoms with van der Waals surface area (Å²) in [5.41, 5.74) is 4.42. The van der Waals surface area contributed by atoms with Gasteiger partial charge in [-0.3, -0.25) is 9.79 Å². The van der Waals surface area contributed by atoms with Crippen LogP contribution >= 0.6 is 0 Å². The Hall–Kier alpha value is -4.50. The van der Waals surface area contributed by atoms with E-state index in [4.69, 9.17) is 14.5 Å². The topological polar surface area (TPSA) is 109 Å². The number of fused-ring (bicyclic) bond motifs is 1. The lowest BCUT2D eigenvalue weighted by molar-refractivity contribution is -0.115. The predicted molar refractivity (Wildman–Crippen MR) is 159 cm³/mol. The molecule has 1 atom stereocenters. The molecule has 9 nitrogen and oxygen atoms in total. The van der Waals surface area contributed by atoms with Gasteiger partial charge in [0.15, 0.2) is 0 Å². The number of carbonyl (C=O) groups is 3. The zero-order valence-electron chi connectivity index (χ0n) is 24.1. The van der Waals surface area contributed by atoms with Gasteiger partial charge >= 0.3 is 12.1 Å². The molecule has 1 heterocycles. The number of alkyl carbamates (subject to hydrolysis) is 1. The van der Waals surface area contributed by atoms with Crippen molar-refractivity contribution in [1.29, 1.82) is 0 Å². The number of nitrogens with zero attached hydrogens (tertiary/aromatic N) is 2. The van der Waals surface area contributed by atoms with Crippen molar-refractivity contribution in [1.82, 2.24) is 10.2 Å². The number of hydrogen-bond acceptors (Lipinski definition) is 7. The van der Waals surface area contributed by atoms with E-state index >= 15 is 0 Å². The molecule has 0 spiro atoms. The molecule has 0 saturated carbocycles. The number of benzene rings is 3. The second-order valence-electron chi connectivity index (χ2n) is 10.9. The zero-order valence-corrected chi connectivity index (χ0v) is 24.1. The summed E-state index contributed by atoms with van der Waals surface area (Å²) in [5, 5.41) is 5.68. The van der Waals surface area contributed by atoms with Crippen LogP contribution in [0.1, 0.15) is 53.7 Å². The molecule has 1 unspecified atom stereocenters. The molecule has 3 aromatic carbocycles. The monoisotopic (exact) mass is 556 g/mol. The van der Waals surface area contributed by atoms with Gasteiger partial charge in [-0.05, 0) is 68.8 Å². The van der Waals surface area contributed by atoms with E-state index in [2.05, 4.69) is 15.5 Å². The minimum atomic E-state index is -0.637. The largest absolute Gasteiger partial charge is 0.465 e. The van der Waals surface area contributed by atoms with Crippen molar-refractivity contribution in [3.63, 3.8) is 0 Å². The van der Waals surface area contributed by atoms with Crippen LogP contribution in [0.15, 0.2) is 77.8 Å². The number of nitrogens with one attached hydrogen (secondary N) is 2. The summed E-state index contributed by atoms with van der Waals surface area (Å²) in [4.78, 5) is 44.1. The number of anilines is 1. The summed E-state index contributed by atoms with van der Waals surface area (Å²) in [6, 6.07) is 22.5. The van der Waals surface area contributed by atoms with Gasteiger partial charge in [-0.25, -0.2) is 9.59 Å². The normalized spacial score (nSPS) is 14.8. The molecular formula is C32H36N4O5. The van der Waals surface area contributed by atoms with E-state index in [-0.39, 0.29) is 5.91 Å². The number of ether oxygens (including phenoxy) is 2. The fourth-order valence-corrected chi connectivity index (χ4v) is 4.55. The first kappa shape index (κ1) is 29.5. The molecule has 0 aliphatic carbocycles. The Morgan fingerprint density at radius 2 is 1.71 bits per heavy atom. The number of esters is 1. The number of amides is 2. The fourth-order valence-electron chi connectivity index (χ4n) is 4.55. The third-order valence-electron chi connectivity index (χ3n) is 6.45. The van der Waals surface area contributed by atoms with Gasteiger partial charge < -0.3 is 25.0 Å². The lowest BCUT2D eigenvalue weighted by Gasteiger charge is -2.21. The molecular weight excluding hydrogens is 520 g/mol. The molecule has 1 aliphatic heterocycles. The molecule has 9 heteroatoms. The van der Waals surface area contributed by atoms with Gasteiger partial charge in [0.2, 0.25) is 5.91 Å². The molecule has 3 aromatic rings. The van der Waals surface area contributed by atoms with E-state index in [1.54, 1.807) is 18.2 Å². The number of methoxy groups -OCH3 is 1. The van der Waals surface area contributed by atoms with Crippen LogP contribution in [0.25, 0.3) is 0 Å². The number of hydrogen-bond donors (Lipinski definition) is 2. The van der Waals surface area contributed by atoms with Crippen molar-refractivity contribution in [2.75, 3.05) is 32.6 Å². The van der Waals surface area contributed by atoms with Gasteiger partial charge in [0.05, 0.1) is 24.1 Å². The first-order chi connectivity index (χ1) is 19.5. The Balaban J connectivity index is 1.50. The molecule has 2 N–H and O–H groups in total. The van der Waals surface area contributed by atoms with Gasteiger partial charge in [-0.15, -0.1) is 0 Å². The molecule has 1 aliphatic rings. The maximum Gasteiger partial charge on any atom is 0.407 e. The van der Waals surface area contributed by atoms with Crippen LogP contribution in [-0.2, 0) is 20.8 Å². The van der Waals surface area contributed by atoms with Crippen molar-refractivity contribution < 1.29 is 23.9 Å². The van der Waals surface area contributed by atoms with Crippen LogP contribution in [-0.4, -0.2) is 61.4 Å². The molecule has 0 radical (unpaired) electrons. The SMILES string of the molecule is COC(=O)c1ccc2c(c1)NC(=O)C2C(=Nc1ccc(CN(C)CCNC(=O)OC(C)(C)C)cc1)c1ccccc1. The molecule has 41 heavy (non-hydrogen) atoms. The van der Waals surface area contributed by atoms with E-state index in [9.17, 15) is 14.4 Å². The lowest BCUT2D eigenvalue weighted by atomic mass is 9.90. The summed E-state index contributed by atoms with van der Waals surface area (Å²) in [6.45, 7) is 7.31. The Bertz CT molecular complexity index is 1430. The Kier molecular flexibility index (Phi) is 9.19. The van der Waals surface area contributed by atoms with Gasteiger partial charge in [-0.2, -0.15) is 0 Å². The summed E-state index contributed by atoms with van der Waals surface area (Å²) < 4.78 is 10.1. The highest BCUT2D eigenvalue weighted by Crippen LogP contribution is 2.37. The van der Waals surface area contributed by atoms with Crippen LogP contribution in [0.4, 0.5) is 16.2 Å². The van der Waals surface area contributed by atoms with E-state index in [1.165, 1.54) is 7.11 Å². The minimum absolute atomic E-state index is 0.206. The number of rotatable bonds is 9. The highest BCUT2D eigenvalue weighted by molar-refractivity contribution is 6.24. The van der Waals surface area contributed by atoms with E-state index in [1.807, 2.05) is 82.4 Å². The first-order valence-electron chi connectivity index (χ1n) is 13.5. The van der Waals surface area contributed by atoms with Crippen LogP contribution < -0.4 is 10.6 Å². The summed E-state index contributed by atoms with van der Waals surface area (Å²) in [5.74, 6) is -1.31. The number of aliphatic imine (C=N–C) groups is 1. The van der Waals surface area contributed by atoms with Crippen LogP contribution in [0.2, 0.25) is 0 Å². The Morgan fingerprint density at radius 3 is 2.37 bits per heavy atom. The quantitative estimate of drug-likeness (QED) is 0.274. The second kappa shape index (κ2) is 12.8. The summed E-state index contributed by atoms with van der Waals surface area (Å²) >= 11 is 0. The van der Waals surface area contributed by atoms with Crippen LogP contribution in [0, 0.1) is 0 Å². The van der Waals surface area contributed by atoms with Gasteiger partial charge in [0.25, 0.3) is 0 Å². The van der Waals surface area contributed by atoms with Gasteiger partial charge in [-0.1, -0.05) is 48.5 Å². The van der Waals surface area contributed by atoms with Crippen molar-refractivity contribution in [2.24, 2.45) is 4.99 Å². The maximum atomic E-state index is 13.2. The Morgan fingerprint density at radius 1 is 1.00 bits per heavy atom. The fraction of sp³-hybridized carbons (Fsp3) is 0.312. The molecule has 0 aromatic heterocycles. The van der Waals surface area contributed by atoms with E-state index < -0.39 is 23.6 Å². The lowest BCUT2D eigenvalue weighted by Crippen LogP contribution is -2.36. The first-order valence-corrected chi connectivity index (χ1v) is 13.5. The molecule has 4 rings (SSSR count). The molecule has 214 valence electrons. The zero-order chi connectivity index (χ0) is 29.6. The highest BCUT2D eigenvalue weighted by atomic mass is 16.6. The minimum Gasteiger partial charge on any atom is -0.465 e. The van der Waals surface area contributed by atoms with Crippen molar-refractivity contribution in [3.8, 4) is 0 Å². The molecule has 0 saturated heterocycles. The number of likely N-dealkylation sites (N-methyl/N-ethyl adjacent to an activating group) is 1. The van der Waals surface area contributed by atoms with E-state index in [0.717, 1.165) is 16.7 Å². The Labute approximate surface area is 240 Å². The average Bonchev–Trinajstić information content (AvgIpc) is 3.26. The smallest absolute Gasteiger partial charge is 0.407 e. The molecule has 0 bridgehead atoms. The number of carbonyl (C=O) groups excluding carboxylic acids is 3. The van der Waals surface area contributed by atoms with Gasteiger partial charge in [0, 0.05) is 25.3 Å². The summed E-state index contributed by atoms with van der Waals surface area (Å²) in [7, 11) is 3.31. The third kappa shape index (κ3) is 7.79. The maximum absolute atomic E-state index is 13.2. The van der Waals surface area contributed by atoms with Crippen LogP contribution in [0.5, 0.6) is 0 Å². The predicted octanol–water partition coefficient (Wildman–Crippen LogP) is 5.29. The van der Waals surface area contributed by atoms with Crippen molar-refractivity contribution >= 4 is 35.1 Å². The average molecular weight is 557 g/mol. The standard InChI is InChI=1S/C32H36N4O5/c1-32(2,3)41-31(39)33-17-18-36(4)20-21-11-14-24(15-12-21)34-28(22-9-7-6-8-10-22)27-25-16-13-23(30(38)40-5)19-26(25)35-29(27)37/h6-16,19,27H,17-18,20H2,1-5H3,(H,33,39)(H,35,37). The van der Waals surface area contributed by atoms with Crippen LogP contribution in [0.3, 0.4) is 0 Å². The van der Waals surface area contributed by atoms with E-state index in [0.29, 0.717) is 42.3 Å². The second-order valence-corrected chi connectivity index (χ2v) is 10.9. The third-order valence-corrected chi connectivity index (χ3v) is 6.45. The highest BCUT2D eigenvalue weighted by Gasteiger charge is 2.36. The summed E-state index contributed by atoms with van der Waals surface area (Å²) in [6.07, 6.45) is -0.426. The van der Waals surface area contributed by atoms with Crippen molar-refractivity contribution in [2.45, 2.75) is 38.8 Å². The van der Waals surface area contributed by atoms with Crippen molar-refractivity contribution in [3.05, 3.63) is 95.1 Å². The molecule has 2 amide bonds. The van der Waals surface area contributed by atoms with Gasteiger partial charge in [0.1, 0.15) is 11.5 Å². The molecule has 0 fully saturated rings.